The van der Waals surface area contributed by atoms with Crippen molar-refractivity contribution in [2.75, 3.05) is 5.32 Å². The molecule has 0 radical (unpaired) electrons. The van der Waals surface area contributed by atoms with Crippen LogP contribution in [0.1, 0.15) is 15.9 Å². The third-order valence-electron chi connectivity index (χ3n) is 5.93. The number of nitrogens with zero attached hydrogens (tertiary/aromatic N) is 5. The maximum atomic E-state index is 13.4. The van der Waals surface area contributed by atoms with Crippen LogP contribution >= 0.6 is 0 Å². The predicted octanol–water partition coefficient (Wildman–Crippen LogP) is 3.18. The van der Waals surface area contributed by atoms with Crippen LogP contribution in [0.5, 0.6) is 0 Å². The number of hydrogen-bond donors (Lipinski definition) is 1. The lowest BCUT2D eigenvalue weighted by Crippen LogP contribution is -2.37. The van der Waals surface area contributed by atoms with Crippen molar-refractivity contribution in [2.24, 2.45) is 14.1 Å². The van der Waals surface area contributed by atoms with E-state index in [4.69, 9.17) is 0 Å². The quantitative estimate of drug-likeness (QED) is 0.422. The van der Waals surface area contributed by atoms with Crippen molar-refractivity contribution in [3.63, 3.8) is 0 Å². The second kappa shape index (κ2) is 8.73. The minimum absolute atomic E-state index is 0.193. The van der Waals surface area contributed by atoms with Gasteiger partial charge in [0.1, 0.15) is 17.2 Å². The Kier molecular flexibility index (Phi) is 5.56. The molecule has 0 saturated heterocycles. The Balaban J connectivity index is 1.58. The third-order valence-corrected chi connectivity index (χ3v) is 5.93. The Morgan fingerprint density at radius 1 is 0.972 bits per heavy atom. The standard InChI is InChI=1S/C26H21FN6O3/c1-15-4-6-16(7-5-15)22-21(14-33(30-22)19-10-8-17(27)9-11-19)24(34)29-18-12-20-23(28-13-18)31(2)26(36)32(3)25(20)35/h4-14H,1-3H3,(H,29,34). The summed E-state index contributed by atoms with van der Waals surface area (Å²) in [5.41, 5.74) is 2.57. The number of pyridine rings is 1. The van der Waals surface area contributed by atoms with Crippen molar-refractivity contribution in [1.82, 2.24) is 23.9 Å². The molecule has 9 nitrogen and oxygen atoms in total. The molecule has 0 aliphatic heterocycles. The number of amides is 1. The maximum Gasteiger partial charge on any atom is 0.332 e. The highest BCUT2D eigenvalue weighted by Crippen LogP contribution is 2.25. The van der Waals surface area contributed by atoms with E-state index in [1.807, 2.05) is 31.2 Å². The number of hydrogen-bond acceptors (Lipinski definition) is 5. The van der Waals surface area contributed by atoms with Crippen molar-refractivity contribution >= 4 is 22.6 Å². The zero-order valence-electron chi connectivity index (χ0n) is 19.7. The van der Waals surface area contributed by atoms with Crippen molar-refractivity contribution < 1.29 is 9.18 Å². The van der Waals surface area contributed by atoms with Crippen LogP contribution in [-0.2, 0) is 14.1 Å². The number of rotatable bonds is 4. The van der Waals surface area contributed by atoms with Crippen LogP contribution in [0.3, 0.4) is 0 Å². The average molecular weight is 484 g/mol. The molecule has 180 valence electrons. The lowest BCUT2D eigenvalue weighted by molar-refractivity contribution is 0.102. The molecule has 0 aliphatic carbocycles. The molecule has 2 aromatic carbocycles. The van der Waals surface area contributed by atoms with Gasteiger partial charge in [0.25, 0.3) is 11.5 Å². The van der Waals surface area contributed by atoms with Gasteiger partial charge in [-0.1, -0.05) is 29.8 Å². The van der Waals surface area contributed by atoms with Gasteiger partial charge in [-0.2, -0.15) is 5.10 Å². The van der Waals surface area contributed by atoms with Crippen molar-refractivity contribution in [3.05, 3.63) is 105 Å². The Hall–Kier alpha value is -4.86. The summed E-state index contributed by atoms with van der Waals surface area (Å²) in [4.78, 5) is 42.4. The minimum atomic E-state index is -0.513. The van der Waals surface area contributed by atoms with Gasteiger partial charge < -0.3 is 5.32 Å². The Morgan fingerprint density at radius 2 is 1.67 bits per heavy atom. The van der Waals surface area contributed by atoms with Gasteiger partial charge in [-0.3, -0.25) is 18.7 Å². The van der Waals surface area contributed by atoms with Crippen LogP contribution < -0.4 is 16.6 Å². The number of benzene rings is 2. The first kappa shape index (κ1) is 22.9. The van der Waals surface area contributed by atoms with Crippen LogP contribution in [0.25, 0.3) is 28.0 Å². The first-order valence-corrected chi connectivity index (χ1v) is 11.0. The van der Waals surface area contributed by atoms with E-state index in [9.17, 15) is 18.8 Å². The number of aryl methyl sites for hydroxylation is 2. The van der Waals surface area contributed by atoms with E-state index in [1.165, 1.54) is 47.7 Å². The van der Waals surface area contributed by atoms with Crippen LogP contribution in [-0.4, -0.2) is 29.8 Å². The monoisotopic (exact) mass is 484 g/mol. The van der Waals surface area contributed by atoms with Gasteiger partial charge in [0.2, 0.25) is 0 Å². The Labute approximate surface area is 204 Å². The molecule has 0 saturated carbocycles. The summed E-state index contributed by atoms with van der Waals surface area (Å²) in [6.45, 7) is 1.96. The summed E-state index contributed by atoms with van der Waals surface area (Å²) in [7, 11) is 2.90. The Morgan fingerprint density at radius 3 is 2.36 bits per heavy atom. The third kappa shape index (κ3) is 3.98. The highest BCUT2D eigenvalue weighted by atomic mass is 19.1. The van der Waals surface area contributed by atoms with E-state index in [-0.39, 0.29) is 28.1 Å². The normalized spacial score (nSPS) is 11.1. The zero-order valence-corrected chi connectivity index (χ0v) is 19.7. The van der Waals surface area contributed by atoms with Gasteiger partial charge in [-0.05, 0) is 37.3 Å². The van der Waals surface area contributed by atoms with E-state index in [0.29, 0.717) is 11.4 Å². The van der Waals surface area contributed by atoms with E-state index in [2.05, 4.69) is 15.4 Å². The first-order valence-electron chi connectivity index (χ1n) is 11.0. The highest BCUT2D eigenvalue weighted by molar-refractivity contribution is 6.08. The molecule has 0 fully saturated rings. The van der Waals surface area contributed by atoms with Gasteiger partial charge >= 0.3 is 5.69 Å². The molecule has 10 heteroatoms. The van der Waals surface area contributed by atoms with Gasteiger partial charge in [0, 0.05) is 25.9 Å². The molecular formula is C26H21FN6O3. The molecule has 5 aromatic rings. The summed E-state index contributed by atoms with van der Waals surface area (Å²) in [5, 5.41) is 7.57. The van der Waals surface area contributed by atoms with Crippen LogP contribution in [0.4, 0.5) is 10.1 Å². The fraction of sp³-hybridized carbons (Fsp3) is 0.115. The second-order valence-corrected chi connectivity index (χ2v) is 8.43. The molecule has 0 spiro atoms. The van der Waals surface area contributed by atoms with Gasteiger partial charge in [-0.25, -0.2) is 18.9 Å². The number of carbonyl (C=O) groups is 1. The summed E-state index contributed by atoms with van der Waals surface area (Å²) < 4.78 is 17.2. The van der Waals surface area contributed by atoms with E-state index >= 15 is 0 Å². The van der Waals surface area contributed by atoms with Crippen LogP contribution in [0.15, 0.2) is 76.6 Å². The number of carbonyl (C=O) groups excluding carboxylic acids is 1. The summed E-state index contributed by atoms with van der Waals surface area (Å²) >= 11 is 0. The molecule has 5 rings (SSSR count). The molecule has 0 bridgehead atoms. The van der Waals surface area contributed by atoms with Gasteiger partial charge in [0.15, 0.2) is 0 Å². The fourth-order valence-electron chi connectivity index (χ4n) is 3.92. The predicted molar refractivity (Wildman–Crippen MR) is 134 cm³/mol. The minimum Gasteiger partial charge on any atom is -0.320 e. The van der Waals surface area contributed by atoms with E-state index in [0.717, 1.165) is 15.7 Å². The van der Waals surface area contributed by atoms with Crippen LogP contribution in [0.2, 0.25) is 0 Å². The second-order valence-electron chi connectivity index (χ2n) is 8.43. The molecule has 1 amide bonds. The highest BCUT2D eigenvalue weighted by Gasteiger charge is 2.20. The average Bonchev–Trinajstić information content (AvgIpc) is 3.32. The fourth-order valence-corrected chi connectivity index (χ4v) is 3.92. The largest absolute Gasteiger partial charge is 0.332 e. The number of anilines is 1. The smallest absolute Gasteiger partial charge is 0.320 e. The Bertz CT molecular complexity index is 1750. The zero-order chi connectivity index (χ0) is 25.6. The summed E-state index contributed by atoms with van der Waals surface area (Å²) in [5.74, 6) is -0.850. The first-order chi connectivity index (χ1) is 17.2. The molecule has 3 aromatic heterocycles. The lowest BCUT2D eigenvalue weighted by Gasteiger charge is -2.09. The number of aromatic nitrogens is 5. The van der Waals surface area contributed by atoms with E-state index < -0.39 is 17.2 Å². The SMILES string of the molecule is Cc1ccc(-c2nn(-c3ccc(F)cc3)cc2C(=O)Nc2cnc3c(c2)c(=O)n(C)c(=O)n3C)cc1. The van der Waals surface area contributed by atoms with Crippen molar-refractivity contribution in [2.45, 2.75) is 6.92 Å². The molecule has 0 aliphatic rings. The van der Waals surface area contributed by atoms with Crippen LogP contribution in [0, 0.1) is 12.7 Å². The summed E-state index contributed by atoms with van der Waals surface area (Å²) in [6.07, 6.45) is 2.95. The summed E-state index contributed by atoms with van der Waals surface area (Å²) in [6, 6.07) is 14.8. The molecule has 0 unspecified atom stereocenters. The van der Waals surface area contributed by atoms with Crippen molar-refractivity contribution in [3.8, 4) is 16.9 Å². The molecule has 0 atom stereocenters. The molecule has 1 N–H and O–H groups in total. The number of halogens is 1. The molecule has 3 heterocycles. The molecule has 36 heavy (non-hydrogen) atoms. The molecular weight excluding hydrogens is 463 g/mol. The van der Waals surface area contributed by atoms with Gasteiger partial charge in [-0.15, -0.1) is 0 Å². The number of fused-ring (bicyclic) bond motifs is 1. The van der Waals surface area contributed by atoms with E-state index in [1.54, 1.807) is 18.3 Å². The van der Waals surface area contributed by atoms with Gasteiger partial charge in [0.05, 0.1) is 28.5 Å². The topological polar surface area (TPSA) is 104 Å². The maximum absolute atomic E-state index is 13.4. The number of nitrogens with one attached hydrogen (secondary N) is 1. The van der Waals surface area contributed by atoms with Crippen molar-refractivity contribution in [1.29, 1.82) is 0 Å². The lowest BCUT2D eigenvalue weighted by atomic mass is 10.1.